The third-order valence-corrected chi connectivity index (χ3v) is 25.2. The number of benzene rings is 20. The molecule has 9 nitrogen and oxygen atoms in total. The van der Waals surface area contributed by atoms with E-state index in [1.54, 1.807) is 12.4 Å². The van der Waals surface area contributed by atoms with Gasteiger partial charge in [-0.05, 0) is 205 Å². The maximum Gasteiger partial charge on any atom is 0.0974 e. The third kappa shape index (κ3) is 12.2. The molecule has 0 aliphatic rings. The van der Waals surface area contributed by atoms with E-state index >= 15 is 0 Å². The van der Waals surface area contributed by atoms with Crippen LogP contribution in [0.15, 0.2) is 419 Å². The highest BCUT2D eigenvalue weighted by Gasteiger charge is 2.22. The summed E-state index contributed by atoms with van der Waals surface area (Å²) >= 11 is 0. The van der Waals surface area contributed by atoms with Crippen LogP contribution >= 0.6 is 0 Å². The second-order valence-corrected chi connectivity index (χ2v) is 32.5. The fourth-order valence-electron chi connectivity index (χ4n) is 19.5. The normalized spacial score (nSPS) is 11.8. The average Bonchev–Trinajstić information content (AvgIpc) is 1.05. The molecule has 26 rings (SSSR count). The van der Waals surface area contributed by atoms with Crippen LogP contribution in [-0.2, 0) is 0 Å². The lowest BCUT2D eigenvalue weighted by Gasteiger charge is -2.13. The monoisotopic (exact) mass is 1590 g/mol. The van der Waals surface area contributed by atoms with Crippen molar-refractivity contribution in [1.29, 1.82) is 0 Å². The lowest BCUT2D eigenvalue weighted by Crippen LogP contribution is -1.94. The predicted octanol–water partition coefficient (Wildman–Crippen LogP) is 30.1. The molecule has 0 saturated carbocycles. The molecule has 584 valence electrons. The number of hydrogen-bond donors (Lipinski definition) is 0. The highest BCUT2D eigenvalue weighted by atomic mass is 15.0. The first-order chi connectivity index (χ1) is 61.8. The van der Waals surface area contributed by atoms with Crippen LogP contribution in [0.2, 0.25) is 0 Å². The molecular weight excluding hydrogens is 1520 g/mol. The lowest BCUT2D eigenvalue weighted by molar-refractivity contribution is 1.18. The van der Waals surface area contributed by atoms with Crippen molar-refractivity contribution >= 4 is 163 Å². The number of hydrogen-bond acceptors (Lipinski definition) is 6. The zero-order chi connectivity index (χ0) is 82.7. The standard InChI is InChI=1S/C46H29N3.2C35H23N3/c1-3-9-30(10-4-1)34-18-23-43-41(28-34)42-29-35(31-11-5-2-6-12-31)19-24-44(42)49(43)36-20-15-32(16-21-36)33-17-22-39-40(27-33)37-13-7-8-14-38(37)45-46(39)48-26-25-47-45;1-22-21-36-34-30-18-17-24(20-31(30)26-11-2-3-14-29(26)35(34)37-22)23-9-8-10-25(19-23)38-32-15-6-4-12-27(32)28-13-5-7-16-33(28)38;1-22-21-36-34-29-14-3-2-11-26(29)31-20-24(17-18-30(31)35(34)37-22)23-9-8-10-25(19-23)38-32-15-6-4-12-27(32)28-13-5-7-16-33(28)38/h1-29H;2*2-21H,1H3. The van der Waals surface area contributed by atoms with Gasteiger partial charge in [-0.1, -0.05) is 291 Å². The molecule has 0 atom stereocenters. The number of aryl methyl sites for hydroxylation is 2. The largest absolute Gasteiger partial charge is 0.309 e. The Morgan fingerprint density at radius 3 is 0.808 bits per heavy atom. The summed E-state index contributed by atoms with van der Waals surface area (Å²) < 4.78 is 7.14. The van der Waals surface area contributed by atoms with Gasteiger partial charge in [0.25, 0.3) is 0 Å². The van der Waals surface area contributed by atoms with Crippen LogP contribution in [0.1, 0.15) is 11.4 Å². The van der Waals surface area contributed by atoms with E-state index in [-0.39, 0.29) is 0 Å². The highest BCUT2D eigenvalue weighted by molar-refractivity contribution is 6.27. The average molecular weight is 1590 g/mol. The van der Waals surface area contributed by atoms with E-state index in [0.29, 0.717) is 0 Å². The molecule has 0 N–H and O–H groups in total. The maximum atomic E-state index is 4.90. The van der Waals surface area contributed by atoms with E-state index < -0.39 is 0 Å². The second-order valence-electron chi connectivity index (χ2n) is 32.5. The molecule has 9 heteroatoms. The molecule has 0 unspecified atom stereocenters. The molecule has 0 bridgehead atoms. The first-order valence-corrected chi connectivity index (χ1v) is 42.5. The molecule has 0 aliphatic heterocycles. The van der Waals surface area contributed by atoms with Gasteiger partial charge in [0.1, 0.15) is 0 Å². The van der Waals surface area contributed by atoms with Crippen LogP contribution in [0.3, 0.4) is 0 Å². The van der Waals surface area contributed by atoms with E-state index in [1.165, 1.54) is 153 Å². The van der Waals surface area contributed by atoms with Crippen molar-refractivity contribution in [3.8, 4) is 72.7 Å². The second kappa shape index (κ2) is 29.7. The Balaban J connectivity index is 0.000000106. The summed E-state index contributed by atoms with van der Waals surface area (Å²) in [5.74, 6) is 0. The summed E-state index contributed by atoms with van der Waals surface area (Å²) in [7, 11) is 0. The number of para-hydroxylation sites is 4. The molecule has 125 heavy (non-hydrogen) atoms. The minimum atomic E-state index is 0.928. The van der Waals surface area contributed by atoms with Crippen LogP contribution in [0.25, 0.3) is 236 Å². The van der Waals surface area contributed by atoms with Gasteiger partial charge in [0.2, 0.25) is 0 Å². The van der Waals surface area contributed by atoms with Gasteiger partial charge in [0.05, 0.1) is 77.6 Å². The zero-order valence-corrected chi connectivity index (χ0v) is 68.4. The van der Waals surface area contributed by atoms with E-state index in [1.807, 2.05) is 26.2 Å². The molecule has 0 radical (unpaired) electrons. The van der Waals surface area contributed by atoms with Crippen LogP contribution < -0.4 is 0 Å². The minimum absolute atomic E-state index is 0.928. The fourth-order valence-corrected chi connectivity index (χ4v) is 19.5. The molecule has 6 aromatic heterocycles. The third-order valence-electron chi connectivity index (χ3n) is 25.2. The number of fused-ring (bicyclic) bond motifs is 27. The van der Waals surface area contributed by atoms with Crippen LogP contribution in [-0.4, -0.2) is 43.6 Å². The number of aromatic nitrogens is 9. The molecule has 6 heterocycles. The van der Waals surface area contributed by atoms with Crippen molar-refractivity contribution < 1.29 is 0 Å². The molecule has 26 aromatic rings. The van der Waals surface area contributed by atoms with Crippen molar-refractivity contribution in [2.45, 2.75) is 13.8 Å². The van der Waals surface area contributed by atoms with Crippen LogP contribution in [0, 0.1) is 13.8 Å². The molecule has 0 spiro atoms. The molecule has 0 saturated heterocycles. The Labute approximate surface area is 719 Å². The smallest absolute Gasteiger partial charge is 0.0974 e. The van der Waals surface area contributed by atoms with E-state index in [4.69, 9.17) is 29.9 Å². The van der Waals surface area contributed by atoms with Crippen molar-refractivity contribution in [3.63, 3.8) is 0 Å². The maximum absolute atomic E-state index is 4.90. The topological polar surface area (TPSA) is 92.1 Å². The SMILES string of the molecule is Cc1cnc2c3ccc(-c4cccc(-n5c6ccccc6c6ccccc65)c4)cc3c3ccccc3c2n1.Cc1cnc2c3ccccc3c3cc(-c4cccc(-n5c6ccccc6c6ccccc65)c4)ccc3c2n1.c1ccc(-c2ccc3c(c2)c2cc(-c4ccccc4)ccc2n3-c2ccc(-c3ccc4c(c3)c3ccccc3c3nccnc43)cc2)cc1. The molecule has 0 amide bonds. The summed E-state index contributed by atoms with van der Waals surface area (Å²) in [6, 6.07) is 142. The summed E-state index contributed by atoms with van der Waals surface area (Å²) in [5, 5.41) is 21.6. The van der Waals surface area contributed by atoms with Gasteiger partial charge in [0, 0.05) is 106 Å². The first-order valence-electron chi connectivity index (χ1n) is 42.5. The van der Waals surface area contributed by atoms with Gasteiger partial charge < -0.3 is 13.7 Å². The number of rotatable bonds is 8. The molecular formula is C116H75N9. The predicted molar refractivity (Wildman–Crippen MR) is 523 cm³/mol. The Kier molecular flexibility index (Phi) is 17.2. The van der Waals surface area contributed by atoms with Crippen molar-refractivity contribution in [2.75, 3.05) is 0 Å². The Hall–Kier alpha value is -16.6. The molecule has 0 fully saturated rings. The van der Waals surface area contributed by atoms with E-state index in [9.17, 15) is 0 Å². The molecule has 20 aromatic carbocycles. The zero-order valence-electron chi connectivity index (χ0n) is 68.4. The Morgan fingerprint density at radius 2 is 0.416 bits per heavy atom. The van der Waals surface area contributed by atoms with Gasteiger partial charge in [-0.3, -0.25) is 19.9 Å². The van der Waals surface area contributed by atoms with Crippen LogP contribution in [0.5, 0.6) is 0 Å². The lowest BCUT2D eigenvalue weighted by atomic mass is 9.95. The summed E-state index contributed by atoms with van der Waals surface area (Å²) in [4.78, 5) is 28.7. The summed E-state index contributed by atoms with van der Waals surface area (Å²) in [5.41, 5.74) is 30.3. The van der Waals surface area contributed by atoms with Crippen molar-refractivity contribution in [1.82, 2.24) is 43.6 Å². The quantitative estimate of drug-likeness (QED) is 0.141. The minimum Gasteiger partial charge on any atom is -0.309 e. The van der Waals surface area contributed by atoms with E-state index in [2.05, 4.69) is 408 Å². The first kappa shape index (κ1) is 72.4. The van der Waals surface area contributed by atoms with Crippen molar-refractivity contribution in [2.24, 2.45) is 0 Å². The van der Waals surface area contributed by atoms with Gasteiger partial charge in [-0.2, -0.15) is 0 Å². The Morgan fingerprint density at radius 1 is 0.160 bits per heavy atom. The Bertz CT molecular complexity index is 8630. The van der Waals surface area contributed by atoms with Gasteiger partial charge in [-0.15, -0.1) is 0 Å². The van der Waals surface area contributed by atoms with Crippen molar-refractivity contribution in [3.05, 3.63) is 430 Å². The fraction of sp³-hybridized carbons (Fsp3) is 0.0172. The highest BCUT2D eigenvalue weighted by Crippen LogP contribution is 2.44. The summed E-state index contributed by atoms with van der Waals surface area (Å²) in [6.45, 7) is 4.00. The summed E-state index contributed by atoms with van der Waals surface area (Å²) in [6.07, 6.45) is 7.27. The van der Waals surface area contributed by atoms with Gasteiger partial charge in [-0.25, -0.2) is 9.97 Å². The van der Waals surface area contributed by atoms with E-state index in [0.717, 1.165) is 93.9 Å². The van der Waals surface area contributed by atoms with Gasteiger partial charge >= 0.3 is 0 Å². The molecule has 0 aliphatic carbocycles. The number of nitrogens with zero attached hydrogens (tertiary/aromatic N) is 9. The van der Waals surface area contributed by atoms with Crippen LogP contribution in [0.4, 0.5) is 0 Å². The van der Waals surface area contributed by atoms with Gasteiger partial charge in [0.15, 0.2) is 0 Å².